The first-order valence-corrected chi connectivity index (χ1v) is 6.61. The van der Waals surface area contributed by atoms with E-state index in [2.05, 4.69) is 4.72 Å². The lowest BCUT2D eigenvalue weighted by Gasteiger charge is -2.07. The van der Waals surface area contributed by atoms with Crippen molar-refractivity contribution >= 4 is 27.3 Å². The van der Waals surface area contributed by atoms with E-state index in [1.807, 2.05) is 6.07 Å². The zero-order chi connectivity index (χ0) is 11.1. The molecule has 4 nitrogen and oxygen atoms in total. The number of ether oxygens (including phenoxy) is 1. The van der Waals surface area contributed by atoms with Gasteiger partial charge in [0.1, 0.15) is 6.10 Å². The van der Waals surface area contributed by atoms with Crippen LogP contribution in [0.25, 0.3) is 0 Å². The maximum absolute atomic E-state index is 11.0. The van der Waals surface area contributed by atoms with Crippen LogP contribution < -0.4 is 4.72 Å². The molecule has 2 rings (SSSR count). The molecular weight excluding hydrogens is 238 g/mol. The maximum Gasteiger partial charge on any atom is 0.229 e. The van der Waals surface area contributed by atoms with E-state index in [0.717, 1.165) is 11.8 Å². The Labute approximate surface area is 93.2 Å². The van der Waals surface area contributed by atoms with Gasteiger partial charge in [-0.1, -0.05) is 17.7 Å². The SMILES string of the molecule is CS(=O)(=O)Nc1cc([C@@H]2CO2)ccc1Cl. The normalized spacial score (nSPS) is 20.0. The zero-order valence-electron chi connectivity index (χ0n) is 8.03. The van der Waals surface area contributed by atoms with Crippen LogP contribution in [0.1, 0.15) is 11.7 Å². The van der Waals surface area contributed by atoms with Gasteiger partial charge in [0.25, 0.3) is 0 Å². The fourth-order valence-electron chi connectivity index (χ4n) is 1.26. The molecule has 0 aliphatic carbocycles. The van der Waals surface area contributed by atoms with Crippen LogP contribution >= 0.6 is 11.6 Å². The minimum absolute atomic E-state index is 0.0855. The molecule has 0 unspecified atom stereocenters. The number of anilines is 1. The fourth-order valence-corrected chi connectivity index (χ4v) is 2.05. The predicted molar refractivity (Wildman–Crippen MR) is 58.6 cm³/mol. The molecule has 1 N–H and O–H groups in total. The lowest BCUT2D eigenvalue weighted by Crippen LogP contribution is -2.10. The smallest absolute Gasteiger partial charge is 0.229 e. The van der Waals surface area contributed by atoms with Gasteiger partial charge in [-0.25, -0.2) is 8.42 Å². The molecule has 1 aliphatic rings. The average molecular weight is 248 g/mol. The summed E-state index contributed by atoms with van der Waals surface area (Å²) >= 11 is 5.86. The molecule has 0 aromatic heterocycles. The van der Waals surface area contributed by atoms with Crippen LogP contribution in [0.15, 0.2) is 18.2 Å². The molecule has 0 amide bonds. The Morgan fingerprint density at radius 3 is 2.73 bits per heavy atom. The highest BCUT2D eigenvalue weighted by Crippen LogP contribution is 2.34. The summed E-state index contributed by atoms with van der Waals surface area (Å²) in [5.74, 6) is 0. The summed E-state index contributed by atoms with van der Waals surface area (Å²) in [4.78, 5) is 0. The number of hydrogen-bond donors (Lipinski definition) is 1. The van der Waals surface area contributed by atoms with Crippen LogP contribution in [0.2, 0.25) is 5.02 Å². The molecule has 1 aliphatic heterocycles. The van der Waals surface area contributed by atoms with Crippen molar-refractivity contribution in [1.29, 1.82) is 0 Å². The first-order valence-electron chi connectivity index (χ1n) is 4.34. The van der Waals surface area contributed by atoms with Crippen LogP contribution in [-0.2, 0) is 14.8 Å². The van der Waals surface area contributed by atoms with Crippen LogP contribution in [0, 0.1) is 0 Å². The van der Waals surface area contributed by atoms with Crippen molar-refractivity contribution in [1.82, 2.24) is 0 Å². The lowest BCUT2D eigenvalue weighted by atomic mass is 10.1. The lowest BCUT2D eigenvalue weighted by molar-refractivity contribution is 0.415. The van der Waals surface area contributed by atoms with E-state index in [9.17, 15) is 8.42 Å². The second-order valence-electron chi connectivity index (χ2n) is 3.44. The van der Waals surface area contributed by atoms with Crippen LogP contribution in [-0.4, -0.2) is 21.3 Å². The summed E-state index contributed by atoms with van der Waals surface area (Å²) < 4.78 is 29.6. The molecule has 1 fully saturated rings. The van der Waals surface area contributed by atoms with Gasteiger partial charge in [0.2, 0.25) is 10.0 Å². The Bertz CT molecular complexity index is 482. The molecule has 1 heterocycles. The summed E-state index contributed by atoms with van der Waals surface area (Å²) in [5, 5.41) is 0.379. The van der Waals surface area contributed by atoms with Crippen molar-refractivity contribution in [3.8, 4) is 0 Å². The summed E-state index contributed by atoms with van der Waals surface area (Å²) in [6.45, 7) is 0.681. The zero-order valence-corrected chi connectivity index (χ0v) is 9.60. The maximum atomic E-state index is 11.0. The molecule has 1 saturated heterocycles. The molecule has 0 spiro atoms. The van der Waals surface area contributed by atoms with Crippen LogP contribution in [0.4, 0.5) is 5.69 Å². The molecule has 6 heteroatoms. The number of benzene rings is 1. The van der Waals surface area contributed by atoms with Crippen molar-refractivity contribution in [2.75, 3.05) is 17.6 Å². The summed E-state index contributed by atoms with van der Waals surface area (Å²) in [5.41, 5.74) is 1.33. The van der Waals surface area contributed by atoms with E-state index in [0.29, 0.717) is 17.3 Å². The van der Waals surface area contributed by atoms with E-state index in [-0.39, 0.29) is 6.10 Å². The van der Waals surface area contributed by atoms with Gasteiger partial charge in [-0.15, -0.1) is 0 Å². The monoisotopic (exact) mass is 247 g/mol. The third kappa shape index (κ3) is 2.84. The second kappa shape index (κ2) is 3.66. The van der Waals surface area contributed by atoms with Gasteiger partial charge in [0.05, 0.1) is 23.6 Å². The Kier molecular flexibility index (Phi) is 2.62. The average Bonchev–Trinajstić information content (AvgIpc) is 2.89. The number of epoxide rings is 1. The largest absolute Gasteiger partial charge is 0.368 e. The third-order valence-corrected chi connectivity index (χ3v) is 2.91. The standard InChI is InChI=1S/C9H10ClNO3S/c1-15(12,13)11-8-4-6(9-5-14-9)2-3-7(8)10/h2-4,9,11H,5H2,1H3/t9-/m0/s1. The number of halogens is 1. The number of nitrogens with one attached hydrogen (secondary N) is 1. The molecule has 15 heavy (non-hydrogen) atoms. The van der Waals surface area contributed by atoms with Crippen molar-refractivity contribution in [2.45, 2.75) is 6.10 Å². The number of sulfonamides is 1. The van der Waals surface area contributed by atoms with E-state index in [1.54, 1.807) is 12.1 Å². The van der Waals surface area contributed by atoms with Gasteiger partial charge in [0, 0.05) is 0 Å². The molecule has 82 valence electrons. The molecular formula is C9H10ClNO3S. The molecule has 0 radical (unpaired) electrons. The van der Waals surface area contributed by atoms with Crippen LogP contribution in [0.5, 0.6) is 0 Å². The summed E-state index contributed by atoms with van der Waals surface area (Å²) in [6, 6.07) is 5.18. The van der Waals surface area contributed by atoms with Crippen LogP contribution in [0.3, 0.4) is 0 Å². The molecule has 0 saturated carbocycles. The van der Waals surface area contributed by atoms with Crippen molar-refractivity contribution in [3.63, 3.8) is 0 Å². The van der Waals surface area contributed by atoms with Crippen molar-refractivity contribution in [3.05, 3.63) is 28.8 Å². The van der Waals surface area contributed by atoms with E-state index in [1.165, 1.54) is 0 Å². The second-order valence-corrected chi connectivity index (χ2v) is 5.59. The molecule has 1 atom stereocenters. The van der Waals surface area contributed by atoms with E-state index in [4.69, 9.17) is 16.3 Å². The highest BCUT2D eigenvalue weighted by Gasteiger charge is 2.25. The molecule has 1 aromatic carbocycles. The van der Waals surface area contributed by atoms with Gasteiger partial charge in [-0.2, -0.15) is 0 Å². The third-order valence-electron chi connectivity index (χ3n) is 1.99. The highest BCUT2D eigenvalue weighted by atomic mass is 35.5. The first kappa shape index (κ1) is 10.7. The molecule has 0 bridgehead atoms. The quantitative estimate of drug-likeness (QED) is 0.829. The Morgan fingerprint density at radius 2 is 2.20 bits per heavy atom. The first-order chi connectivity index (χ1) is 6.96. The minimum atomic E-state index is -3.30. The predicted octanol–water partition coefficient (Wildman–Crippen LogP) is 1.78. The Balaban J connectivity index is 2.32. The Hall–Kier alpha value is -0.780. The summed E-state index contributed by atoms with van der Waals surface area (Å²) in [6.07, 6.45) is 1.17. The highest BCUT2D eigenvalue weighted by molar-refractivity contribution is 7.92. The van der Waals surface area contributed by atoms with Crippen molar-refractivity contribution < 1.29 is 13.2 Å². The van der Waals surface area contributed by atoms with Gasteiger partial charge in [0.15, 0.2) is 0 Å². The Morgan fingerprint density at radius 1 is 1.53 bits per heavy atom. The van der Waals surface area contributed by atoms with Gasteiger partial charge < -0.3 is 4.74 Å². The summed E-state index contributed by atoms with van der Waals surface area (Å²) in [7, 11) is -3.30. The van der Waals surface area contributed by atoms with E-state index >= 15 is 0 Å². The molecule has 1 aromatic rings. The fraction of sp³-hybridized carbons (Fsp3) is 0.333. The number of hydrogen-bond acceptors (Lipinski definition) is 3. The minimum Gasteiger partial charge on any atom is -0.368 e. The van der Waals surface area contributed by atoms with Gasteiger partial charge in [-0.3, -0.25) is 4.72 Å². The van der Waals surface area contributed by atoms with Gasteiger partial charge >= 0.3 is 0 Å². The van der Waals surface area contributed by atoms with Gasteiger partial charge in [-0.05, 0) is 17.7 Å². The topological polar surface area (TPSA) is 58.7 Å². The number of rotatable bonds is 3. The van der Waals surface area contributed by atoms with E-state index < -0.39 is 10.0 Å². The van der Waals surface area contributed by atoms with Crippen molar-refractivity contribution in [2.24, 2.45) is 0 Å².